The van der Waals surface area contributed by atoms with Crippen LogP contribution in [-0.4, -0.2) is 23.0 Å². The molecule has 1 saturated heterocycles. The minimum absolute atomic E-state index is 1.00. The van der Waals surface area contributed by atoms with Gasteiger partial charge in [0.15, 0.2) is 0 Å². The zero-order chi connectivity index (χ0) is 7.11. The van der Waals surface area contributed by atoms with Crippen LogP contribution in [0.4, 0.5) is 0 Å². The SMILES string of the molecule is C1CCOC1.O=[P+](O)O. The number of hydrogen-bond acceptors (Lipinski definition) is 2. The summed E-state index contributed by atoms with van der Waals surface area (Å²) in [6.07, 6.45) is 2.56. The van der Waals surface area contributed by atoms with E-state index in [0.717, 1.165) is 13.2 Å². The van der Waals surface area contributed by atoms with Gasteiger partial charge in [0, 0.05) is 17.8 Å². The van der Waals surface area contributed by atoms with Gasteiger partial charge in [0.05, 0.1) is 0 Å². The van der Waals surface area contributed by atoms with Crippen molar-refractivity contribution in [2.75, 3.05) is 13.2 Å². The van der Waals surface area contributed by atoms with E-state index in [1.54, 1.807) is 0 Å². The molecule has 0 atom stereocenters. The van der Waals surface area contributed by atoms with E-state index < -0.39 is 8.25 Å². The number of ether oxygens (including phenoxy) is 1. The van der Waals surface area contributed by atoms with Crippen molar-refractivity contribution in [3.05, 3.63) is 0 Å². The molecule has 4 nitrogen and oxygen atoms in total. The Morgan fingerprint density at radius 1 is 1.22 bits per heavy atom. The van der Waals surface area contributed by atoms with Crippen molar-refractivity contribution in [3.8, 4) is 0 Å². The summed E-state index contributed by atoms with van der Waals surface area (Å²) < 4.78 is 13.6. The summed E-state index contributed by atoms with van der Waals surface area (Å²) in [5, 5.41) is 0. The second-order valence-electron chi connectivity index (χ2n) is 1.57. The smallest absolute Gasteiger partial charge is 0.381 e. The maximum Gasteiger partial charge on any atom is 0.692 e. The molecule has 1 aliphatic heterocycles. The molecule has 1 aliphatic rings. The van der Waals surface area contributed by atoms with Crippen LogP contribution < -0.4 is 0 Å². The second-order valence-corrected chi connectivity index (χ2v) is 2.08. The molecule has 0 aromatic rings. The summed E-state index contributed by atoms with van der Waals surface area (Å²) in [6, 6.07) is 0. The summed E-state index contributed by atoms with van der Waals surface area (Å²) in [4.78, 5) is 14.2. The first kappa shape index (κ1) is 8.98. The van der Waals surface area contributed by atoms with Crippen molar-refractivity contribution in [1.82, 2.24) is 0 Å². The van der Waals surface area contributed by atoms with Crippen LogP contribution in [0.25, 0.3) is 0 Å². The summed E-state index contributed by atoms with van der Waals surface area (Å²) in [6.45, 7) is 2.00. The van der Waals surface area contributed by atoms with Gasteiger partial charge in [-0.1, -0.05) is 0 Å². The molecule has 0 aromatic carbocycles. The molecule has 0 aromatic heterocycles. The van der Waals surface area contributed by atoms with Crippen molar-refractivity contribution >= 4 is 8.25 Å². The molecule has 1 fully saturated rings. The van der Waals surface area contributed by atoms with E-state index in [9.17, 15) is 0 Å². The molecule has 0 unspecified atom stereocenters. The maximum atomic E-state index is 8.70. The van der Waals surface area contributed by atoms with Gasteiger partial charge in [-0.2, -0.15) is 0 Å². The Morgan fingerprint density at radius 3 is 1.67 bits per heavy atom. The Hall–Kier alpha value is -0.0200. The molecule has 9 heavy (non-hydrogen) atoms. The number of rotatable bonds is 0. The Morgan fingerprint density at radius 2 is 1.56 bits per heavy atom. The van der Waals surface area contributed by atoms with Gasteiger partial charge >= 0.3 is 8.25 Å². The van der Waals surface area contributed by atoms with Crippen molar-refractivity contribution in [2.45, 2.75) is 12.8 Å². The van der Waals surface area contributed by atoms with Crippen molar-refractivity contribution < 1.29 is 19.1 Å². The Balaban J connectivity index is 0.000000148. The van der Waals surface area contributed by atoms with Gasteiger partial charge in [-0.05, 0) is 12.8 Å². The third-order valence-electron chi connectivity index (χ3n) is 0.827. The molecule has 0 radical (unpaired) electrons. The zero-order valence-electron chi connectivity index (χ0n) is 4.99. The highest BCUT2D eigenvalue weighted by molar-refractivity contribution is 7.30. The highest BCUT2D eigenvalue weighted by atomic mass is 31.1. The minimum Gasteiger partial charge on any atom is -0.381 e. The van der Waals surface area contributed by atoms with Gasteiger partial charge in [0.1, 0.15) is 0 Å². The van der Waals surface area contributed by atoms with Gasteiger partial charge in [0.2, 0.25) is 0 Å². The molecule has 2 N–H and O–H groups in total. The highest BCUT2D eigenvalue weighted by Crippen LogP contribution is 1.98. The zero-order valence-corrected chi connectivity index (χ0v) is 5.88. The summed E-state index contributed by atoms with van der Waals surface area (Å²) in [5.41, 5.74) is 0. The molecule has 0 amide bonds. The molecule has 1 heterocycles. The molecule has 0 bridgehead atoms. The normalized spacial score (nSPS) is 16.2. The first-order valence-corrected chi connectivity index (χ1v) is 3.83. The summed E-state index contributed by atoms with van der Waals surface area (Å²) >= 11 is 0. The highest BCUT2D eigenvalue weighted by Gasteiger charge is 1.94. The summed E-state index contributed by atoms with van der Waals surface area (Å²) in [7, 11) is -2.87. The van der Waals surface area contributed by atoms with Crippen molar-refractivity contribution in [2.24, 2.45) is 0 Å². The van der Waals surface area contributed by atoms with E-state index in [1.807, 2.05) is 0 Å². The van der Waals surface area contributed by atoms with E-state index >= 15 is 0 Å². The first-order chi connectivity index (χ1) is 4.23. The van der Waals surface area contributed by atoms with Crippen LogP contribution in [0.15, 0.2) is 0 Å². The van der Waals surface area contributed by atoms with Gasteiger partial charge in [-0.25, -0.2) is 0 Å². The van der Waals surface area contributed by atoms with Crippen molar-refractivity contribution in [1.29, 1.82) is 0 Å². The lowest BCUT2D eigenvalue weighted by Crippen LogP contribution is -1.74. The average Bonchev–Trinajstić information content (AvgIpc) is 2.11. The molecular formula is C4H10O4P+. The lowest BCUT2D eigenvalue weighted by Gasteiger charge is -1.76. The Bertz CT molecular complexity index is 69.0. The molecule has 54 valence electrons. The van der Waals surface area contributed by atoms with Crippen molar-refractivity contribution in [3.63, 3.8) is 0 Å². The molecule has 0 aliphatic carbocycles. The fourth-order valence-electron chi connectivity index (χ4n) is 0.510. The van der Waals surface area contributed by atoms with Gasteiger partial charge in [-0.15, -0.1) is 9.79 Å². The molecule has 0 spiro atoms. The molecule has 5 heteroatoms. The second kappa shape index (κ2) is 6.11. The average molecular weight is 153 g/mol. The maximum absolute atomic E-state index is 8.70. The van der Waals surface area contributed by atoms with Crippen LogP contribution >= 0.6 is 8.25 Å². The van der Waals surface area contributed by atoms with E-state index in [4.69, 9.17) is 19.1 Å². The first-order valence-electron chi connectivity index (χ1n) is 2.66. The third-order valence-corrected chi connectivity index (χ3v) is 0.827. The van der Waals surface area contributed by atoms with Crippen LogP contribution in [0.5, 0.6) is 0 Å². The number of hydrogen-bond donors (Lipinski definition) is 2. The quantitative estimate of drug-likeness (QED) is 0.495. The van der Waals surface area contributed by atoms with Crippen LogP contribution in [0, 0.1) is 0 Å². The van der Waals surface area contributed by atoms with Gasteiger partial charge < -0.3 is 4.74 Å². The molecular weight excluding hydrogens is 143 g/mol. The van der Waals surface area contributed by atoms with Crippen LogP contribution in [0.2, 0.25) is 0 Å². The van der Waals surface area contributed by atoms with E-state index in [0.29, 0.717) is 0 Å². The van der Waals surface area contributed by atoms with Gasteiger partial charge in [0.25, 0.3) is 0 Å². The van der Waals surface area contributed by atoms with Gasteiger partial charge in [-0.3, -0.25) is 0 Å². The molecule has 0 saturated carbocycles. The van der Waals surface area contributed by atoms with E-state index in [-0.39, 0.29) is 0 Å². The lowest BCUT2D eigenvalue weighted by molar-refractivity contribution is 0.198. The van der Waals surface area contributed by atoms with Crippen LogP contribution in [-0.2, 0) is 9.30 Å². The standard InChI is InChI=1S/C4H8O.HO3P/c1-2-4-5-3-1;1-4(2)3/h1-4H2;(H-,1,2,3)/p+1. The largest absolute Gasteiger partial charge is 0.692 e. The van der Waals surface area contributed by atoms with E-state index in [2.05, 4.69) is 0 Å². The monoisotopic (exact) mass is 153 g/mol. The summed E-state index contributed by atoms with van der Waals surface area (Å²) in [5.74, 6) is 0. The fraction of sp³-hybridized carbons (Fsp3) is 1.00. The van der Waals surface area contributed by atoms with Crippen LogP contribution in [0.1, 0.15) is 12.8 Å². The Labute approximate surface area is 54.4 Å². The van der Waals surface area contributed by atoms with Crippen LogP contribution in [0.3, 0.4) is 0 Å². The minimum atomic E-state index is -2.87. The topological polar surface area (TPSA) is 66.8 Å². The predicted molar refractivity (Wildman–Crippen MR) is 32.1 cm³/mol. The Kier molecular flexibility index (Phi) is 6.09. The van der Waals surface area contributed by atoms with E-state index in [1.165, 1.54) is 12.8 Å². The lowest BCUT2D eigenvalue weighted by atomic mass is 10.4. The predicted octanol–water partition coefficient (Wildman–Crippen LogP) is 0.425. The third kappa shape index (κ3) is 11.5. The molecule has 1 rings (SSSR count). The fourth-order valence-corrected chi connectivity index (χ4v) is 0.510.